The summed E-state index contributed by atoms with van der Waals surface area (Å²) in [5.74, 6) is -0.749. The van der Waals surface area contributed by atoms with Crippen molar-refractivity contribution >= 4 is 34.6 Å². The Kier molecular flexibility index (Phi) is 6.28. The molecule has 0 aromatic heterocycles. The van der Waals surface area contributed by atoms with E-state index in [1.807, 2.05) is 49.4 Å². The molecule has 0 fully saturated rings. The molecule has 0 saturated carbocycles. The predicted octanol–water partition coefficient (Wildman–Crippen LogP) is 5.04. The molecule has 35 heavy (non-hydrogen) atoms. The number of nitro groups is 2. The normalized spacial score (nSPS) is 16.8. The Morgan fingerprint density at radius 2 is 1.49 bits per heavy atom. The number of amides is 2. The third-order valence-corrected chi connectivity index (χ3v) is 6.04. The van der Waals surface area contributed by atoms with E-state index in [0.717, 1.165) is 29.4 Å². The maximum atomic E-state index is 13.6. The summed E-state index contributed by atoms with van der Waals surface area (Å²) in [7, 11) is 0. The molecule has 1 aliphatic rings. The lowest BCUT2D eigenvalue weighted by Crippen LogP contribution is -2.47. The Morgan fingerprint density at radius 3 is 2.06 bits per heavy atom. The lowest BCUT2D eigenvalue weighted by molar-refractivity contribution is -0.394. The molecule has 178 valence electrons. The average molecular weight is 474 g/mol. The molecule has 2 unspecified atom stereocenters. The van der Waals surface area contributed by atoms with Crippen molar-refractivity contribution in [3.05, 3.63) is 104 Å². The van der Waals surface area contributed by atoms with Gasteiger partial charge in [0.05, 0.1) is 27.5 Å². The van der Waals surface area contributed by atoms with E-state index in [1.165, 1.54) is 11.8 Å². The van der Waals surface area contributed by atoms with Gasteiger partial charge in [0.15, 0.2) is 0 Å². The smallest absolute Gasteiger partial charge is 0.277 e. The third-order valence-electron chi connectivity index (χ3n) is 6.04. The average Bonchev–Trinajstić information content (AvgIpc) is 2.84. The highest BCUT2D eigenvalue weighted by Crippen LogP contribution is 2.43. The minimum absolute atomic E-state index is 0.155. The van der Waals surface area contributed by atoms with Gasteiger partial charge in [0, 0.05) is 36.5 Å². The van der Waals surface area contributed by atoms with Crippen LogP contribution in [0.5, 0.6) is 0 Å². The van der Waals surface area contributed by atoms with Crippen molar-refractivity contribution in [2.24, 2.45) is 0 Å². The second-order valence-electron chi connectivity index (χ2n) is 8.31. The number of nitro benzene ring substituents is 2. The number of anilines is 2. The van der Waals surface area contributed by atoms with Crippen molar-refractivity contribution in [2.75, 3.05) is 9.80 Å². The molecule has 1 aliphatic heterocycles. The van der Waals surface area contributed by atoms with E-state index < -0.39 is 33.2 Å². The van der Waals surface area contributed by atoms with Gasteiger partial charge < -0.3 is 9.80 Å². The number of fused-ring (bicyclic) bond motifs is 1. The number of rotatable bonds is 5. The van der Waals surface area contributed by atoms with Gasteiger partial charge in [-0.05, 0) is 37.1 Å². The molecule has 0 bridgehead atoms. The Hall–Kier alpha value is -4.60. The van der Waals surface area contributed by atoms with Gasteiger partial charge in [-0.2, -0.15) is 0 Å². The van der Waals surface area contributed by atoms with Crippen LogP contribution in [-0.4, -0.2) is 27.7 Å². The van der Waals surface area contributed by atoms with E-state index in [4.69, 9.17) is 0 Å². The summed E-state index contributed by atoms with van der Waals surface area (Å²) in [6.07, 6.45) is 0.397. The zero-order chi connectivity index (χ0) is 25.3. The molecular formula is C25H22N4O6. The van der Waals surface area contributed by atoms with Gasteiger partial charge in [0.25, 0.3) is 17.3 Å². The van der Waals surface area contributed by atoms with Crippen LogP contribution >= 0.6 is 0 Å². The summed E-state index contributed by atoms with van der Waals surface area (Å²) in [4.78, 5) is 50.6. The molecule has 10 heteroatoms. The van der Waals surface area contributed by atoms with E-state index in [-0.39, 0.29) is 17.5 Å². The molecule has 3 aromatic rings. The highest BCUT2D eigenvalue weighted by atomic mass is 16.6. The molecule has 2 amide bonds. The monoisotopic (exact) mass is 474 g/mol. The number of para-hydroxylation sites is 2. The quantitative estimate of drug-likeness (QED) is 0.377. The molecule has 4 rings (SSSR count). The topological polar surface area (TPSA) is 127 Å². The standard InChI is InChI=1S/C25H22N4O6/c1-16-12-24(27(17(2)30)19-8-4-3-5-9-19)22-10-6-7-11-23(22)26(16)25(31)18-13-20(28(32)33)15-21(14-18)29(34)35/h3-11,13-16,24H,12H2,1-2H3. The second-order valence-corrected chi connectivity index (χ2v) is 8.31. The first-order valence-corrected chi connectivity index (χ1v) is 10.9. The maximum Gasteiger partial charge on any atom is 0.277 e. The van der Waals surface area contributed by atoms with Crippen molar-refractivity contribution in [3.63, 3.8) is 0 Å². The molecule has 3 aromatic carbocycles. The van der Waals surface area contributed by atoms with Crippen molar-refractivity contribution in [3.8, 4) is 0 Å². The van der Waals surface area contributed by atoms with E-state index in [9.17, 15) is 29.8 Å². The number of non-ortho nitro benzene ring substituents is 2. The first-order valence-electron chi connectivity index (χ1n) is 10.9. The van der Waals surface area contributed by atoms with Gasteiger partial charge in [-0.15, -0.1) is 0 Å². The zero-order valence-corrected chi connectivity index (χ0v) is 19.0. The molecule has 10 nitrogen and oxygen atoms in total. The summed E-state index contributed by atoms with van der Waals surface area (Å²) in [5.41, 5.74) is 0.768. The van der Waals surface area contributed by atoms with E-state index in [2.05, 4.69) is 0 Å². The largest absolute Gasteiger partial charge is 0.305 e. The molecule has 1 heterocycles. The summed E-state index contributed by atoms with van der Waals surface area (Å²) >= 11 is 0. The number of hydrogen-bond acceptors (Lipinski definition) is 6. The van der Waals surface area contributed by atoms with Crippen LogP contribution < -0.4 is 9.80 Å². The molecular weight excluding hydrogens is 452 g/mol. The Bertz CT molecular complexity index is 1290. The minimum atomic E-state index is -0.766. The lowest BCUT2D eigenvalue weighted by Gasteiger charge is -2.43. The Morgan fingerprint density at radius 1 is 0.914 bits per heavy atom. The van der Waals surface area contributed by atoms with Crippen molar-refractivity contribution < 1.29 is 19.4 Å². The highest BCUT2D eigenvalue weighted by Gasteiger charge is 2.38. The first kappa shape index (κ1) is 23.6. The van der Waals surface area contributed by atoms with Gasteiger partial charge in [0.2, 0.25) is 5.91 Å². The summed E-state index contributed by atoms with van der Waals surface area (Å²) < 4.78 is 0. The van der Waals surface area contributed by atoms with Crippen molar-refractivity contribution in [1.29, 1.82) is 0 Å². The van der Waals surface area contributed by atoms with Crippen LogP contribution in [0.4, 0.5) is 22.7 Å². The molecule has 2 atom stereocenters. The van der Waals surface area contributed by atoms with Crippen molar-refractivity contribution in [1.82, 2.24) is 0 Å². The van der Waals surface area contributed by atoms with Gasteiger partial charge in [-0.1, -0.05) is 36.4 Å². The van der Waals surface area contributed by atoms with Crippen molar-refractivity contribution in [2.45, 2.75) is 32.4 Å². The summed E-state index contributed by atoms with van der Waals surface area (Å²) in [6.45, 7) is 3.30. The van der Waals surface area contributed by atoms with Gasteiger partial charge in [0.1, 0.15) is 0 Å². The van der Waals surface area contributed by atoms with Crippen LogP contribution in [0.25, 0.3) is 0 Å². The molecule has 0 radical (unpaired) electrons. The predicted molar refractivity (Wildman–Crippen MR) is 129 cm³/mol. The number of carbonyl (C=O) groups is 2. The Balaban J connectivity index is 1.81. The summed E-state index contributed by atoms with van der Waals surface area (Å²) in [5, 5.41) is 22.7. The lowest BCUT2D eigenvalue weighted by atomic mass is 9.89. The van der Waals surface area contributed by atoms with Crippen LogP contribution in [0.1, 0.15) is 42.2 Å². The van der Waals surface area contributed by atoms with E-state index in [1.54, 1.807) is 17.0 Å². The minimum Gasteiger partial charge on any atom is -0.305 e. The summed E-state index contributed by atoms with van der Waals surface area (Å²) in [6, 6.07) is 18.5. The van der Waals surface area contributed by atoms with Crippen LogP contribution in [0.3, 0.4) is 0 Å². The molecule has 0 saturated heterocycles. The Labute approximate surface area is 200 Å². The number of benzene rings is 3. The second kappa shape index (κ2) is 9.34. The molecule has 0 N–H and O–H groups in total. The van der Waals surface area contributed by atoms with Crippen LogP contribution in [0.15, 0.2) is 72.8 Å². The fourth-order valence-electron chi connectivity index (χ4n) is 4.57. The van der Waals surface area contributed by atoms with E-state index >= 15 is 0 Å². The van der Waals surface area contributed by atoms with Gasteiger partial charge in [-0.25, -0.2) is 0 Å². The number of nitrogens with zero attached hydrogens (tertiary/aromatic N) is 4. The molecule has 0 aliphatic carbocycles. The number of hydrogen-bond donors (Lipinski definition) is 0. The molecule has 0 spiro atoms. The maximum absolute atomic E-state index is 13.6. The van der Waals surface area contributed by atoms with Crippen LogP contribution in [0, 0.1) is 20.2 Å². The van der Waals surface area contributed by atoms with Gasteiger partial charge >= 0.3 is 0 Å². The fraction of sp³-hybridized carbons (Fsp3) is 0.200. The van der Waals surface area contributed by atoms with E-state index in [0.29, 0.717) is 12.1 Å². The van der Waals surface area contributed by atoms with Gasteiger partial charge in [-0.3, -0.25) is 29.8 Å². The highest BCUT2D eigenvalue weighted by molar-refractivity contribution is 6.08. The SMILES string of the molecule is CC(=O)N(c1ccccc1)C1CC(C)N(C(=O)c2cc([N+](=O)[O-])cc([N+](=O)[O-])c2)c2ccccc21. The first-order chi connectivity index (χ1) is 16.7. The zero-order valence-electron chi connectivity index (χ0n) is 19.0. The van der Waals surface area contributed by atoms with Crippen LogP contribution in [0.2, 0.25) is 0 Å². The van der Waals surface area contributed by atoms with Crippen LogP contribution in [-0.2, 0) is 4.79 Å². The fourth-order valence-corrected chi connectivity index (χ4v) is 4.57. The third kappa shape index (κ3) is 4.45. The number of carbonyl (C=O) groups excluding carboxylic acids is 2.